The van der Waals surface area contributed by atoms with Gasteiger partial charge in [-0.3, -0.25) is 4.79 Å². The lowest BCUT2D eigenvalue weighted by Gasteiger charge is -2.04. The molecule has 0 aliphatic heterocycles. The molecule has 0 radical (unpaired) electrons. The lowest BCUT2D eigenvalue weighted by Crippen LogP contribution is -2.16. The van der Waals surface area contributed by atoms with Crippen LogP contribution in [0, 0.1) is 6.92 Å². The summed E-state index contributed by atoms with van der Waals surface area (Å²) in [4.78, 5) is 28.5. The Labute approximate surface area is 133 Å². The predicted molar refractivity (Wildman–Crippen MR) is 82.4 cm³/mol. The first kappa shape index (κ1) is 14.7. The average molecular weight is 336 g/mol. The number of nitrogens with zero attached hydrogens (tertiary/aromatic N) is 3. The van der Waals surface area contributed by atoms with Crippen LogP contribution >= 0.6 is 22.9 Å². The summed E-state index contributed by atoms with van der Waals surface area (Å²) >= 11 is 7.12. The van der Waals surface area contributed by atoms with Gasteiger partial charge in [-0.25, -0.2) is 9.78 Å². The second-order valence-electron chi connectivity index (χ2n) is 4.49. The van der Waals surface area contributed by atoms with Crippen molar-refractivity contribution in [1.82, 2.24) is 14.6 Å². The minimum absolute atomic E-state index is 0.0893. The number of rotatable bonds is 3. The second kappa shape index (κ2) is 5.86. The van der Waals surface area contributed by atoms with Crippen LogP contribution in [0.5, 0.6) is 0 Å². The van der Waals surface area contributed by atoms with Gasteiger partial charge in [0.2, 0.25) is 4.96 Å². The van der Waals surface area contributed by atoms with Crippen LogP contribution in [0.1, 0.15) is 21.1 Å². The molecule has 0 atom stereocenters. The number of benzene rings is 1. The van der Waals surface area contributed by atoms with Gasteiger partial charge >= 0.3 is 5.97 Å². The number of aromatic nitrogens is 3. The van der Waals surface area contributed by atoms with Crippen LogP contribution in [-0.2, 0) is 11.3 Å². The molecular weight excluding hydrogens is 326 g/mol. The Bertz CT molecular complexity index is 919. The Morgan fingerprint density at radius 3 is 3.00 bits per heavy atom. The van der Waals surface area contributed by atoms with Gasteiger partial charge in [-0.05, 0) is 25.1 Å². The van der Waals surface area contributed by atoms with Crippen LogP contribution in [0.15, 0.2) is 35.1 Å². The Hall–Kier alpha value is -2.25. The summed E-state index contributed by atoms with van der Waals surface area (Å²) in [6.45, 7) is 1.70. The van der Waals surface area contributed by atoms with E-state index in [1.54, 1.807) is 25.1 Å². The Morgan fingerprint density at radius 1 is 1.41 bits per heavy atom. The number of carbonyl (C=O) groups is 1. The molecule has 22 heavy (non-hydrogen) atoms. The maximum absolute atomic E-state index is 11.9. The van der Waals surface area contributed by atoms with E-state index in [1.807, 2.05) is 0 Å². The highest BCUT2D eigenvalue weighted by Crippen LogP contribution is 2.13. The molecule has 0 fully saturated rings. The molecule has 0 saturated carbocycles. The monoisotopic (exact) mass is 335 g/mol. The molecule has 112 valence electrons. The van der Waals surface area contributed by atoms with Crippen molar-refractivity contribution in [2.45, 2.75) is 13.5 Å². The highest BCUT2D eigenvalue weighted by Gasteiger charge is 2.11. The number of aryl methyl sites for hydroxylation is 1. The van der Waals surface area contributed by atoms with Crippen LogP contribution < -0.4 is 5.56 Å². The van der Waals surface area contributed by atoms with Gasteiger partial charge in [-0.15, -0.1) is 0 Å². The van der Waals surface area contributed by atoms with E-state index in [0.29, 0.717) is 21.2 Å². The fourth-order valence-corrected chi connectivity index (χ4v) is 2.82. The van der Waals surface area contributed by atoms with Gasteiger partial charge in [0, 0.05) is 11.1 Å². The van der Waals surface area contributed by atoms with Gasteiger partial charge < -0.3 is 4.74 Å². The fourth-order valence-electron chi connectivity index (χ4n) is 1.86. The van der Waals surface area contributed by atoms with Gasteiger partial charge in [0.1, 0.15) is 11.6 Å². The summed E-state index contributed by atoms with van der Waals surface area (Å²) in [6, 6.07) is 7.75. The predicted octanol–water partition coefficient (Wildman–Crippen LogP) is 2.47. The Kier molecular flexibility index (Phi) is 3.91. The number of carbonyl (C=O) groups excluding carboxylic acids is 1. The molecule has 6 nitrogen and oxygen atoms in total. The summed E-state index contributed by atoms with van der Waals surface area (Å²) < 4.78 is 6.38. The maximum atomic E-state index is 11.9. The van der Waals surface area contributed by atoms with Gasteiger partial charge in [0.05, 0.1) is 11.3 Å². The lowest BCUT2D eigenvalue weighted by atomic mass is 10.2. The SMILES string of the molecule is Cc1nn2c(=O)cc(COC(=O)c3cccc(Cl)c3)nc2s1. The third kappa shape index (κ3) is 3.00. The van der Waals surface area contributed by atoms with Crippen molar-refractivity contribution >= 4 is 33.9 Å². The van der Waals surface area contributed by atoms with Gasteiger partial charge in [-0.1, -0.05) is 29.0 Å². The number of hydrogen-bond donors (Lipinski definition) is 0. The molecule has 0 saturated heterocycles. The minimum atomic E-state index is -0.523. The zero-order valence-corrected chi connectivity index (χ0v) is 13.0. The first-order valence-electron chi connectivity index (χ1n) is 6.32. The van der Waals surface area contributed by atoms with E-state index in [1.165, 1.54) is 28.0 Å². The van der Waals surface area contributed by atoms with Crippen LogP contribution in [0.3, 0.4) is 0 Å². The van der Waals surface area contributed by atoms with Gasteiger partial charge in [0.25, 0.3) is 5.56 Å². The third-order valence-electron chi connectivity index (χ3n) is 2.81. The standard InChI is InChI=1S/C14H10ClN3O3S/c1-8-17-18-12(19)6-11(16-14(18)22-8)7-21-13(20)9-3-2-4-10(15)5-9/h2-6H,7H2,1H3. The largest absolute Gasteiger partial charge is 0.456 e. The van der Waals surface area contributed by atoms with E-state index < -0.39 is 5.97 Å². The highest BCUT2D eigenvalue weighted by molar-refractivity contribution is 7.16. The first-order chi connectivity index (χ1) is 10.5. The second-order valence-corrected chi connectivity index (χ2v) is 6.08. The summed E-state index contributed by atoms with van der Waals surface area (Å²) in [7, 11) is 0. The zero-order valence-electron chi connectivity index (χ0n) is 11.4. The third-order valence-corrected chi connectivity index (χ3v) is 3.87. The summed E-state index contributed by atoms with van der Waals surface area (Å²) in [5.74, 6) is -0.523. The normalized spacial score (nSPS) is 10.8. The molecule has 0 amide bonds. The van der Waals surface area contributed by atoms with E-state index >= 15 is 0 Å². The van der Waals surface area contributed by atoms with Crippen molar-refractivity contribution in [3.8, 4) is 0 Å². The molecular formula is C14H10ClN3O3S. The van der Waals surface area contributed by atoms with E-state index in [9.17, 15) is 9.59 Å². The van der Waals surface area contributed by atoms with Crippen LogP contribution in [-0.4, -0.2) is 20.6 Å². The molecule has 1 aromatic carbocycles. The molecule has 3 rings (SSSR count). The first-order valence-corrected chi connectivity index (χ1v) is 7.51. The summed E-state index contributed by atoms with van der Waals surface area (Å²) in [5.41, 5.74) is 0.422. The van der Waals surface area contributed by atoms with Gasteiger partial charge in [0.15, 0.2) is 0 Å². The minimum Gasteiger partial charge on any atom is -0.456 e. The van der Waals surface area contributed by atoms with Crippen molar-refractivity contribution in [3.63, 3.8) is 0 Å². The summed E-state index contributed by atoms with van der Waals surface area (Å²) in [5, 5.41) is 5.23. The van der Waals surface area contributed by atoms with E-state index in [0.717, 1.165) is 5.01 Å². The van der Waals surface area contributed by atoms with Crippen molar-refractivity contribution in [2.24, 2.45) is 0 Å². The van der Waals surface area contributed by atoms with E-state index in [-0.39, 0.29) is 12.2 Å². The number of fused-ring (bicyclic) bond motifs is 1. The van der Waals surface area contributed by atoms with Crippen molar-refractivity contribution in [1.29, 1.82) is 0 Å². The molecule has 0 aliphatic rings. The molecule has 0 unspecified atom stereocenters. The topological polar surface area (TPSA) is 73.6 Å². The van der Waals surface area contributed by atoms with Crippen molar-refractivity contribution in [2.75, 3.05) is 0 Å². The number of ether oxygens (including phenoxy) is 1. The lowest BCUT2D eigenvalue weighted by molar-refractivity contribution is 0.0468. The number of hydrogen-bond acceptors (Lipinski definition) is 6. The molecule has 0 spiro atoms. The Morgan fingerprint density at radius 2 is 2.23 bits per heavy atom. The molecule has 0 aliphatic carbocycles. The fraction of sp³-hybridized carbons (Fsp3) is 0.143. The summed E-state index contributed by atoms with van der Waals surface area (Å²) in [6.07, 6.45) is 0. The van der Waals surface area contributed by atoms with Gasteiger partial charge in [-0.2, -0.15) is 9.61 Å². The average Bonchev–Trinajstić information content (AvgIpc) is 2.86. The number of halogens is 1. The maximum Gasteiger partial charge on any atom is 0.338 e. The molecule has 2 heterocycles. The quantitative estimate of drug-likeness (QED) is 0.687. The van der Waals surface area contributed by atoms with Crippen molar-refractivity contribution in [3.05, 3.63) is 62.0 Å². The molecule has 0 bridgehead atoms. The highest BCUT2D eigenvalue weighted by atomic mass is 35.5. The Balaban J connectivity index is 1.79. The molecule has 3 aromatic rings. The van der Waals surface area contributed by atoms with E-state index in [2.05, 4.69) is 10.1 Å². The van der Waals surface area contributed by atoms with Crippen LogP contribution in [0.2, 0.25) is 5.02 Å². The van der Waals surface area contributed by atoms with E-state index in [4.69, 9.17) is 16.3 Å². The van der Waals surface area contributed by atoms with Crippen molar-refractivity contribution < 1.29 is 9.53 Å². The molecule has 8 heteroatoms. The number of esters is 1. The zero-order chi connectivity index (χ0) is 15.7. The van der Waals surface area contributed by atoms with Crippen LogP contribution in [0.4, 0.5) is 0 Å². The molecule has 0 N–H and O–H groups in total. The smallest absolute Gasteiger partial charge is 0.338 e. The van der Waals surface area contributed by atoms with Crippen LogP contribution in [0.25, 0.3) is 4.96 Å². The molecule has 2 aromatic heterocycles.